The van der Waals surface area contributed by atoms with Crippen LogP contribution in [0.2, 0.25) is 0 Å². The minimum atomic E-state index is -0.983. The number of unbranched alkanes of at least 4 members (excludes halogenated alkanes) is 3. The molecule has 1 unspecified atom stereocenters. The first-order valence-electron chi connectivity index (χ1n) is 9.33. The maximum Gasteiger partial charge on any atom is 0.105 e. The van der Waals surface area contributed by atoms with Crippen LogP contribution < -0.4 is 5.11 Å². The Morgan fingerprint density at radius 3 is 2.22 bits per heavy atom. The van der Waals surface area contributed by atoms with Gasteiger partial charge in [-0.25, -0.2) is 0 Å². The number of carbonyl (C=O) groups excluding carboxylic acids is 1. The van der Waals surface area contributed by atoms with E-state index in [2.05, 4.69) is 19.9 Å². The molecule has 0 heterocycles. The van der Waals surface area contributed by atoms with Gasteiger partial charge < -0.3 is 19.5 Å². The van der Waals surface area contributed by atoms with Crippen molar-refractivity contribution in [2.24, 2.45) is 0 Å². The summed E-state index contributed by atoms with van der Waals surface area (Å²) in [7, 11) is 0. The third-order valence-electron chi connectivity index (χ3n) is 4.50. The molecule has 4 nitrogen and oxygen atoms in total. The number of aliphatic hydroxyl groups excluding tert-OH is 1. The fraction of sp³-hybridized carbons (Fsp3) is 0.842. The van der Waals surface area contributed by atoms with E-state index in [1.807, 2.05) is 13.0 Å². The third kappa shape index (κ3) is 11.3. The third-order valence-corrected chi connectivity index (χ3v) is 4.50. The molecule has 0 aliphatic rings. The molecule has 0 spiro atoms. The van der Waals surface area contributed by atoms with Crippen LogP contribution in [0.5, 0.6) is 0 Å². The van der Waals surface area contributed by atoms with Crippen molar-refractivity contribution in [1.82, 2.24) is 0 Å². The molecule has 136 valence electrons. The Balaban J connectivity index is 4.75. The topological polar surface area (TPSA) is 60.4 Å². The van der Waals surface area contributed by atoms with Gasteiger partial charge in [0, 0.05) is 12.4 Å². The largest absolute Gasteiger partial charge is 0.550 e. The number of hydrogen-bond donors (Lipinski definition) is 1. The molecule has 0 fully saturated rings. The minimum Gasteiger partial charge on any atom is -0.550 e. The summed E-state index contributed by atoms with van der Waals surface area (Å²) in [6, 6.07) is 0. The second kappa shape index (κ2) is 13.6. The van der Waals surface area contributed by atoms with E-state index >= 15 is 0 Å². The predicted octanol–water partition coefficient (Wildman–Crippen LogP) is 2.65. The molecular formula is C19H37NO3. The molecular weight excluding hydrogens is 290 g/mol. The smallest absolute Gasteiger partial charge is 0.105 e. The number of carbonyl (C=O) groups is 1. The van der Waals surface area contributed by atoms with Crippen molar-refractivity contribution in [3.63, 3.8) is 0 Å². The molecule has 0 aliphatic carbocycles. The Hall–Kier alpha value is -0.870. The second-order valence-electron chi connectivity index (χ2n) is 6.68. The lowest BCUT2D eigenvalue weighted by molar-refractivity contribution is -0.931. The van der Waals surface area contributed by atoms with Crippen LogP contribution in [0.15, 0.2) is 12.2 Å². The molecule has 0 aromatic heterocycles. The van der Waals surface area contributed by atoms with Crippen LogP contribution in [0.25, 0.3) is 0 Å². The minimum absolute atomic E-state index is 0.0821. The normalized spacial score (nSPS) is 13.6. The van der Waals surface area contributed by atoms with E-state index in [0.29, 0.717) is 13.1 Å². The van der Waals surface area contributed by atoms with Gasteiger partial charge in [-0.1, -0.05) is 38.8 Å². The molecule has 23 heavy (non-hydrogen) atoms. The molecule has 0 saturated carbocycles. The van der Waals surface area contributed by atoms with E-state index < -0.39 is 5.97 Å². The maximum atomic E-state index is 10.9. The number of nitrogens with zero attached hydrogens (tertiary/aromatic N) is 1. The lowest BCUT2D eigenvalue weighted by Gasteiger charge is -2.40. The fourth-order valence-corrected chi connectivity index (χ4v) is 3.10. The van der Waals surface area contributed by atoms with Crippen molar-refractivity contribution in [2.75, 3.05) is 26.2 Å². The predicted molar refractivity (Wildman–Crippen MR) is 93.8 cm³/mol. The van der Waals surface area contributed by atoms with Crippen molar-refractivity contribution < 1.29 is 19.5 Å². The van der Waals surface area contributed by atoms with E-state index in [1.165, 1.54) is 0 Å². The summed E-state index contributed by atoms with van der Waals surface area (Å²) in [6.07, 6.45) is 11.0. The average Bonchev–Trinajstić information content (AvgIpc) is 2.53. The Morgan fingerprint density at radius 2 is 1.74 bits per heavy atom. The monoisotopic (exact) mass is 327 g/mol. The second-order valence-corrected chi connectivity index (χ2v) is 6.68. The lowest BCUT2D eigenvalue weighted by Crippen LogP contribution is -2.55. The Labute approximate surface area is 142 Å². The van der Waals surface area contributed by atoms with Crippen LogP contribution in [-0.4, -0.2) is 47.8 Å². The highest BCUT2D eigenvalue weighted by Gasteiger charge is 2.29. The molecule has 0 bridgehead atoms. The van der Waals surface area contributed by atoms with Crippen LogP contribution in [0, 0.1) is 0 Å². The van der Waals surface area contributed by atoms with Gasteiger partial charge in [0.15, 0.2) is 0 Å². The molecule has 0 aliphatic heterocycles. The molecule has 0 aromatic carbocycles. The van der Waals surface area contributed by atoms with E-state index in [9.17, 15) is 15.0 Å². The summed E-state index contributed by atoms with van der Waals surface area (Å²) in [5.41, 5.74) is 0. The van der Waals surface area contributed by atoms with E-state index in [1.54, 1.807) is 0 Å². The van der Waals surface area contributed by atoms with E-state index in [4.69, 9.17) is 0 Å². The summed E-state index contributed by atoms with van der Waals surface area (Å²) >= 11 is 0. The highest BCUT2D eigenvalue weighted by Crippen LogP contribution is 2.17. The van der Waals surface area contributed by atoms with Crippen molar-refractivity contribution in [3.8, 4) is 0 Å². The Kier molecular flexibility index (Phi) is 13.0. The summed E-state index contributed by atoms with van der Waals surface area (Å²) in [5.74, 6) is -0.983. The van der Waals surface area contributed by atoms with E-state index in [-0.39, 0.29) is 12.5 Å². The van der Waals surface area contributed by atoms with Gasteiger partial charge in [0.1, 0.15) is 12.6 Å². The average molecular weight is 328 g/mol. The number of carboxylic acid groups (broad SMARTS) is 1. The summed E-state index contributed by atoms with van der Waals surface area (Å²) in [4.78, 5) is 10.9. The van der Waals surface area contributed by atoms with Crippen molar-refractivity contribution >= 4 is 5.97 Å². The van der Waals surface area contributed by atoms with Crippen molar-refractivity contribution in [1.29, 1.82) is 0 Å². The Bertz CT molecular complexity index is 321. The SMILES string of the molecule is C/C=C/CCCC(O)C[N+](CCCC)(CCCC)CCC(=O)[O-]. The first-order chi connectivity index (χ1) is 11.0. The molecule has 1 atom stereocenters. The maximum absolute atomic E-state index is 10.9. The van der Waals surface area contributed by atoms with Crippen LogP contribution >= 0.6 is 0 Å². The summed E-state index contributed by atoms with van der Waals surface area (Å²) in [5, 5.41) is 21.4. The van der Waals surface area contributed by atoms with Gasteiger partial charge in [-0.05, 0) is 39.0 Å². The first-order valence-corrected chi connectivity index (χ1v) is 9.33. The van der Waals surface area contributed by atoms with Gasteiger partial charge in [-0.2, -0.15) is 0 Å². The first kappa shape index (κ1) is 22.1. The van der Waals surface area contributed by atoms with Crippen LogP contribution in [-0.2, 0) is 4.79 Å². The van der Waals surface area contributed by atoms with Crippen LogP contribution in [0.3, 0.4) is 0 Å². The molecule has 0 amide bonds. The van der Waals surface area contributed by atoms with Crippen LogP contribution in [0.4, 0.5) is 0 Å². The standard InChI is InChI=1S/C19H37NO3/c1-4-7-10-11-12-18(21)17-20(14-8-5-2,15-9-6-3)16-13-19(22)23/h4,7,18,21H,5-6,8-17H2,1-3H3/b7-4+. The molecule has 0 radical (unpaired) electrons. The quantitative estimate of drug-likeness (QED) is 0.286. The number of rotatable bonds is 15. The van der Waals surface area contributed by atoms with Gasteiger partial charge in [0.25, 0.3) is 0 Å². The number of carboxylic acids is 1. The van der Waals surface area contributed by atoms with Crippen molar-refractivity contribution in [3.05, 3.63) is 12.2 Å². The molecule has 0 rings (SSSR count). The summed E-state index contributed by atoms with van der Waals surface area (Å²) < 4.78 is 0.723. The van der Waals surface area contributed by atoms with Gasteiger partial charge in [0.2, 0.25) is 0 Å². The van der Waals surface area contributed by atoms with Gasteiger partial charge >= 0.3 is 0 Å². The Morgan fingerprint density at radius 1 is 1.13 bits per heavy atom. The number of hydrogen-bond acceptors (Lipinski definition) is 3. The van der Waals surface area contributed by atoms with Gasteiger partial charge in [-0.3, -0.25) is 0 Å². The highest BCUT2D eigenvalue weighted by molar-refractivity contribution is 5.64. The highest BCUT2D eigenvalue weighted by atomic mass is 16.4. The molecule has 0 aromatic rings. The number of aliphatic carboxylic acids is 1. The van der Waals surface area contributed by atoms with Gasteiger partial charge in [0.05, 0.1) is 19.6 Å². The zero-order valence-corrected chi connectivity index (χ0v) is 15.4. The number of allylic oxidation sites excluding steroid dienone is 2. The summed E-state index contributed by atoms with van der Waals surface area (Å²) in [6.45, 7) is 9.47. The number of quaternary nitrogens is 1. The molecule has 0 saturated heterocycles. The fourth-order valence-electron chi connectivity index (χ4n) is 3.10. The molecule has 1 N–H and O–H groups in total. The number of aliphatic hydroxyl groups is 1. The van der Waals surface area contributed by atoms with Crippen LogP contribution in [0.1, 0.15) is 72.1 Å². The zero-order valence-electron chi connectivity index (χ0n) is 15.4. The van der Waals surface area contributed by atoms with Crippen molar-refractivity contribution in [2.45, 2.75) is 78.2 Å². The zero-order chi connectivity index (χ0) is 17.6. The molecule has 4 heteroatoms. The van der Waals surface area contributed by atoms with E-state index in [0.717, 1.165) is 62.5 Å². The van der Waals surface area contributed by atoms with Gasteiger partial charge in [-0.15, -0.1) is 0 Å². The lowest BCUT2D eigenvalue weighted by atomic mass is 10.1.